The van der Waals surface area contributed by atoms with Crippen molar-refractivity contribution in [2.75, 3.05) is 14.2 Å². The van der Waals surface area contributed by atoms with Crippen molar-refractivity contribution >= 4 is 17.5 Å². The van der Waals surface area contributed by atoms with Crippen molar-refractivity contribution in [1.82, 2.24) is 5.32 Å². The van der Waals surface area contributed by atoms with Gasteiger partial charge in [0.2, 0.25) is 0 Å². The lowest BCUT2D eigenvalue weighted by atomic mass is 10.1. The Bertz CT molecular complexity index is 626. The number of nitrogens with one attached hydrogen (secondary N) is 1. The maximum atomic E-state index is 12.2. The molecule has 0 aromatic heterocycles. The molecule has 4 nitrogen and oxygen atoms in total. The van der Waals surface area contributed by atoms with E-state index in [4.69, 9.17) is 21.1 Å². The molecule has 0 saturated carbocycles. The molecule has 0 fully saturated rings. The number of ether oxygens (including phenoxy) is 2. The summed E-state index contributed by atoms with van der Waals surface area (Å²) in [4.78, 5) is 12.2. The molecule has 0 spiro atoms. The minimum Gasteiger partial charge on any atom is -0.497 e. The van der Waals surface area contributed by atoms with Crippen molar-refractivity contribution in [2.24, 2.45) is 0 Å². The molecule has 0 aliphatic heterocycles. The lowest BCUT2D eigenvalue weighted by Crippen LogP contribution is -2.23. The summed E-state index contributed by atoms with van der Waals surface area (Å²) in [7, 11) is 3.12. The third kappa shape index (κ3) is 3.89. The fraction of sp³-hybridized carbons (Fsp3) is 0.188. The number of amides is 1. The van der Waals surface area contributed by atoms with E-state index in [2.05, 4.69) is 5.32 Å². The van der Waals surface area contributed by atoms with Crippen LogP contribution in [-0.2, 0) is 6.54 Å². The fourth-order valence-electron chi connectivity index (χ4n) is 1.87. The maximum Gasteiger partial charge on any atom is 0.255 e. The third-order valence-corrected chi connectivity index (χ3v) is 3.26. The van der Waals surface area contributed by atoms with E-state index in [1.165, 1.54) is 7.11 Å². The first-order valence-electron chi connectivity index (χ1n) is 6.38. The molecule has 5 heteroatoms. The molecule has 2 aromatic rings. The molecular formula is C16H16ClNO3. The fourth-order valence-corrected chi connectivity index (χ4v) is 2.04. The molecule has 1 N–H and O–H groups in total. The summed E-state index contributed by atoms with van der Waals surface area (Å²) >= 11 is 5.88. The molecule has 0 bridgehead atoms. The van der Waals surface area contributed by atoms with Gasteiger partial charge >= 0.3 is 0 Å². The maximum absolute atomic E-state index is 12.2. The van der Waals surface area contributed by atoms with E-state index >= 15 is 0 Å². The van der Waals surface area contributed by atoms with Crippen LogP contribution in [0.25, 0.3) is 0 Å². The number of hydrogen-bond donors (Lipinski definition) is 1. The summed E-state index contributed by atoms with van der Waals surface area (Å²) < 4.78 is 10.3. The highest BCUT2D eigenvalue weighted by atomic mass is 35.5. The summed E-state index contributed by atoms with van der Waals surface area (Å²) in [6, 6.07) is 12.4. The van der Waals surface area contributed by atoms with Gasteiger partial charge in [-0.15, -0.1) is 0 Å². The van der Waals surface area contributed by atoms with Gasteiger partial charge < -0.3 is 14.8 Å². The average Bonchev–Trinajstić information content (AvgIpc) is 2.52. The van der Waals surface area contributed by atoms with Gasteiger partial charge in [0.1, 0.15) is 11.5 Å². The summed E-state index contributed by atoms with van der Waals surface area (Å²) in [6.07, 6.45) is 0. The van der Waals surface area contributed by atoms with Gasteiger partial charge in [0.05, 0.1) is 19.8 Å². The Morgan fingerprint density at radius 3 is 2.43 bits per heavy atom. The summed E-state index contributed by atoms with van der Waals surface area (Å²) in [5.74, 6) is 1.03. The van der Waals surface area contributed by atoms with Crippen molar-refractivity contribution in [3.63, 3.8) is 0 Å². The van der Waals surface area contributed by atoms with Crippen LogP contribution in [-0.4, -0.2) is 20.1 Å². The Morgan fingerprint density at radius 1 is 1.10 bits per heavy atom. The van der Waals surface area contributed by atoms with E-state index in [1.54, 1.807) is 25.3 Å². The van der Waals surface area contributed by atoms with Gasteiger partial charge in [-0.25, -0.2) is 0 Å². The Hall–Kier alpha value is -2.20. The molecule has 2 rings (SSSR count). The van der Waals surface area contributed by atoms with Crippen LogP contribution in [0.3, 0.4) is 0 Å². The number of rotatable bonds is 5. The van der Waals surface area contributed by atoms with E-state index in [0.717, 1.165) is 11.3 Å². The molecule has 0 saturated heterocycles. The van der Waals surface area contributed by atoms with Crippen LogP contribution in [0.15, 0.2) is 42.5 Å². The first-order chi connectivity index (χ1) is 10.1. The number of hydrogen-bond acceptors (Lipinski definition) is 3. The van der Waals surface area contributed by atoms with E-state index in [-0.39, 0.29) is 5.91 Å². The Balaban J connectivity index is 2.04. The van der Waals surface area contributed by atoms with Crippen molar-refractivity contribution in [3.05, 3.63) is 58.6 Å². The summed E-state index contributed by atoms with van der Waals surface area (Å²) in [5.41, 5.74) is 1.44. The van der Waals surface area contributed by atoms with Crippen LogP contribution < -0.4 is 14.8 Å². The number of benzene rings is 2. The quantitative estimate of drug-likeness (QED) is 0.922. The Morgan fingerprint density at radius 2 is 1.81 bits per heavy atom. The van der Waals surface area contributed by atoms with Crippen LogP contribution in [0.1, 0.15) is 15.9 Å². The van der Waals surface area contributed by atoms with Crippen LogP contribution in [0.5, 0.6) is 11.5 Å². The largest absolute Gasteiger partial charge is 0.497 e. The van der Waals surface area contributed by atoms with E-state index in [9.17, 15) is 4.79 Å². The molecular weight excluding hydrogens is 290 g/mol. The van der Waals surface area contributed by atoms with Gasteiger partial charge in [-0.1, -0.05) is 23.7 Å². The molecule has 0 aliphatic rings. The second-order valence-electron chi connectivity index (χ2n) is 4.38. The highest BCUT2D eigenvalue weighted by Gasteiger charge is 2.12. The van der Waals surface area contributed by atoms with Crippen LogP contribution in [0.2, 0.25) is 5.02 Å². The Labute approximate surface area is 128 Å². The van der Waals surface area contributed by atoms with Crippen molar-refractivity contribution in [2.45, 2.75) is 6.54 Å². The minimum atomic E-state index is -0.209. The SMILES string of the molecule is COc1ccc(CNC(=O)c2ccc(Cl)cc2OC)cc1. The van der Waals surface area contributed by atoms with Gasteiger partial charge in [-0.05, 0) is 35.9 Å². The number of halogens is 1. The van der Waals surface area contributed by atoms with Gasteiger partial charge in [0.25, 0.3) is 5.91 Å². The van der Waals surface area contributed by atoms with Crippen LogP contribution in [0, 0.1) is 0 Å². The van der Waals surface area contributed by atoms with Gasteiger partial charge in [-0.2, -0.15) is 0 Å². The lowest BCUT2D eigenvalue weighted by molar-refractivity contribution is 0.0948. The van der Waals surface area contributed by atoms with Gasteiger partial charge in [0.15, 0.2) is 0 Å². The van der Waals surface area contributed by atoms with Gasteiger partial charge in [-0.3, -0.25) is 4.79 Å². The predicted molar refractivity (Wildman–Crippen MR) is 82.2 cm³/mol. The first kappa shape index (κ1) is 15.2. The topological polar surface area (TPSA) is 47.6 Å². The third-order valence-electron chi connectivity index (χ3n) is 3.02. The molecule has 1 amide bonds. The molecule has 110 valence electrons. The minimum absolute atomic E-state index is 0.209. The monoisotopic (exact) mass is 305 g/mol. The second kappa shape index (κ2) is 6.99. The average molecular weight is 306 g/mol. The second-order valence-corrected chi connectivity index (χ2v) is 4.81. The van der Waals surface area contributed by atoms with Crippen LogP contribution >= 0.6 is 11.6 Å². The van der Waals surface area contributed by atoms with Crippen molar-refractivity contribution < 1.29 is 14.3 Å². The zero-order chi connectivity index (χ0) is 15.2. The number of carbonyl (C=O) groups excluding carboxylic acids is 1. The normalized spacial score (nSPS) is 10.0. The number of methoxy groups -OCH3 is 2. The smallest absolute Gasteiger partial charge is 0.255 e. The highest BCUT2D eigenvalue weighted by molar-refractivity contribution is 6.30. The first-order valence-corrected chi connectivity index (χ1v) is 6.76. The molecule has 21 heavy (non-hydrogen) atoms. The highest BCUT2D eigenvalue weighted by Crippen LogP contribution is 2.23. The lowest BCUT2D eigenvalue weighted by Gasteiger charge is -2.10. The zero-order valence-electron chi connectivity index (χ0n) is 11.9. The number of carbonyl (C=O) groups is 1. The molecule has 0 heterocycles. The van der Waals surface area contributed by atoms with E-state index < -0.39 is 0 Å². The summed E-state index contributed by atoms with van der Waals surface area (Å²) in [6.45, 7) is 0.425. The zero-order valence-corrected chi connectivity index (χ0v) is 12.6. The molecule has 0 radical (unpaired) electrons. The molecule has 2 aromatic carbocycles. The van der Waals surface area contributed by atoms with E-state index in [0.29, 0.717) is 22.9 Å². The van der Waals surface area contributed by atoms with E-state index in [1.807, 2.05) is 24.3 Å². The molecule has 0 aliphatic carbocycles. The standard InChI is InChI=1S/C16H16ClNO3/c1-20-13-6-3-11(4-7-13)10-18-16(19)14-8-5-12(17)9-15(14)21-2/h3-9H,10H2,1-2H3,(H,18,19). The van der Waals surface area contributed by atoms with Gasteiger partial charge in [0, 0.05) is 11.6 Å². The Kier molecular flexibility index (Phi) is 5.06. The molecule has 0 unspecified atom stereocenters. The summed E-state index contributed by atoms with van der Waals surface area (Å²) in [5, 5.41) is 3.37. The van der Waals surface area contributed by atoms with Crippen molar-refractivity contribution in [1.29, 1.82) is 0 Å². The predicted octanol–water partition coefficient (Wildman–Crippen LogP) is 3.29. The van der Waals surface area contributed by atoms with Crippen molar-refractivity contribution in [3.8, 4) is 11.5 Å². The molecule has 0 atom stereocenters. The van der Waals surface area contributed by atoms with Crippen LogP contribution in [0.4, 0.5) is 0 Å².